The fourth-order valence-electron chi connectivity index (χ4n) is 0.722. The van der Waals surface area contributed by atoms with Gasteiger partial charge in [-0.05, 0) is 0 Å². The molecular formula is C9H15N3O4S. The largest absolute Gasteiger partial charge is 0.480 e. The van der Waals surface area contributed by atoms with E-state index in [9.17, 15) is 14.4 Å². The third-order valence-corrected chi connectivity index (χ3v) is 2.57. The van der Waals surface area contributed by atoms with E-state index in [0.717, 1.165) is 11.8 Å². The van der Waals surface area contributed by atoms with E-state index in [1.165, 1.54) is 6.08 Å². The molecule has 0 aliphatic rings. The molecule has 1 unspecified atom stereocenters. The topological polar surface area (TPSA) is 122 Å². The molecule has 0 bridgehead atoms. The second-order valence-electron chi connectivity index (χ2n) is 3.01. The van der Waals surface area contributed by atoms with E-state index in [0.29, 0.717) is 0 Å². The lowest BCUT2D eigenvalue weighted by Gasteiger charge is -2.06. The molecule has 0 aliphatic carbocycles. The fourth-order valence-corrected chi connectivity index (χ4v) is 1.49. The maximum atomic E-state index is 11.2. The Labute approximate surface area is 103 Å². The summed E-state index contributed by atoms with van der Waals surface area (Å²) in [5.41, 5.74) is 5.23. The third kappa shape index (κ3) is 8.29. The molecule has 1 atom stereocenters. The van der Waals surface area contributed by atoms with Crippen LogP contribution in [0.1, 0.15) is 0 Å². The van der Waals surface area contributed by atoms with Crippen molar-refractivity contribution in [2.75, 3.05) is 18.1 Å². The van der Waals surface area contributed by atoms with Crippen molar-refractivity contribution in [2.24, 2.45) is 5.73 Å². The van der Waals surface area contributed by atoms with Crippen molar-refractivity contribution in [3.8, 4) is 0 Å². The number of thioether (sulfide) groups is 1. The summed E-state index contributed by atoms with van der Waals surface area (Å²) in [7, 11) is 0. The molecule has 0 rings (SSSR count). The summed E-state index contributed by atoms with van der Waals surface area (Å²) < 4.78 is 0. The van der Waals surface area contributed by atoms with Crippen molar-refractivity contribution in [3.63, 3.8) is 0 Å². The molecule has 0 saturated heterocycles. The summed E-state index contributed by atoms with van der Waals surface area (Å²) >= 11 is 1.05. The fraction of sp³-hybridized carbons (Fsp3) is 0.444. The highest BCUT2D eigenvalue weighted by Gasteiger charge is 2.13. The number of carboxylic acid groups (broad SMARTS) is 1. The van der Waals surface area contributed by atoms with Gasteiger partial charge in [-0.3, -0.25) is 14.9 Å². The Bertz CT molecular complexity index is 309. The zero-order chi connectivity index (χ0) is 13.3. The van der Waals surface area contributed by atoms with E-state index < -0.39 is 23.9 Å². The Morgan fingerprint density at radius 1 is 1.47 bits per heavy atom. The minimum absolute atomic E-state index is 0.0253. The second-order valence-corrected chi connectivity index (χ2v) is 4.04. The second kappa shape index (κ2) is 8.59. The van der Waals surface area contributed by atoms with Crippen molar-refractivity contribution in [2.45, 2.75) is 6.04 Å². The number of nitrogens with one attached hydrogen (secondary N) is 2. The van der Waals surface area contributed by atoms with Crippen molar-refractivity contribution in [1.29, 1.82) is 0 Å². The summed E-state index contributed by atoms with van der Waals surface area (Å²) in [5.74, 6) is -1.55. The van der Waals surface area contributed by atoms with Crippen LogP contribution < -0.4 is 16.4 Å². The summed E-state index contributed by atoms with van der Waals surface area (Å²) in [5, 5.41) is 12.9. The average molecular weight is 261 g/mol. The lowest BCUT2D eigenvalue weighted by molar-refractivity contribution is -0.138. The molecule has 0 aromatic heterocycles. The Morgan fingerprint density at radius 2 is 2.12 bits per heavy atom. The van der Waals surface area contributed by atoms with Gasteiger partial charge in [-0.1, -0.05) is 6.08 Å². The molecule has 0 aromatic carbocycles. The minimum atomic E-state index is -1.12. The smallest absolute Gasteiger partial charge is 0.321 e. The van der Waals surface area contributed by atoms with Crippen LogP contribution in [0.2, 0.25) is 0 Å². The van der Waals surface area contributed by atoms with Crippen LogP contribution >= 0.6 is 11.8 Å². The van der Waals surface area contributed by atoms with Gasteiger partial charge < -0.3 is 16.2 Å². The Kier molecular flexibility index (Phi) is 7.82. The Balaban J connectivity index is 3.69. The number of hydrogen-bond donors (Lipinski definition) is 4. The molecule has 0 aliphatic heterocycles. The minimum Gasteiger partial charge on any atom is -0.480 e. The third-order valence-electron chi connectivity index (χ3n) is 1.51. The molecule has 5 N–H and O–H groups in total. The van der Waals surface area contributed by atoms with E-state index >= 15 is 0 Å². The summed E-state index contributed by atoms with van der Waals surface area (Å²) in [6, 6.07) is -1.62. The molecule has 96 valence electrons. The first kappa shape index (κ1) is 15.5. The van der Waals surface area contributed by atoms with Crippen LogP contribution in [-0.2, 0) is 9.59 Å². The normalized spacial score (nSPS) is 11.4. The van der Waals surface area contributed by atoms with Gasteiger partial charge in [-0.25, -0.2) is 4.79 Å². The molecule has 0 radical (unpaired) electrons. The quantitative estimate of drug-likeness (QED) is 0.443. The first-order valence-corrected chi connectivity index (χ1v) is 5.87. The standard InChI is InChI=1S/C9H15N3O4S/c1-2-3-11-9(16)12-7(13)5-17-4-6(10)8(14)15/h2,6H,1,3-5,10H2,(H,14,15)(H2,11,12,13,16). The lowest BCUT2D eigenvalue weighted by Crippen LogP contribution is -2.40. The zero-order valence-electron chi connectivity index (χ0n) is 9.14. The number of carbonyl (C=O) groups excluding carboxylic acids is 2. The van der Waals surface area contributed by atoms with Gasteiger partial charge in [0.15, 0.2) is 0 Å². The number of amides is 3. The number of nitrogens with two attached hydrogens (primary N) is 1. The summed E-state index contributed by atoms with van der Waals surface area (Å²) in [6.07, 6.45) is 1.48. The molecule has 0 heterocycles. The highest BCUT2D eigenvalue weighted by Crippen LogP contribution is 2.01. The molecule has 0 saturated carbocycles. The summed E-state index contributed by atoms with van der Waals surface area (Å²) in [4.78, 5) is 32.5. The molecule has 17 heavy (non-hydrogen) atoms. The number of carboxylic acids is 1. The van der Waals surface area contributed by atoms with Crippen molar-refractivity contribution in [3.05, 3.63) is 12.7 Å². The highest BCUT2D eigenvalue weighted by atomic mass is 32.2. The molecule has 0 fully saturated rings. The molecule has 7 nitrogen and oxygen atoms in total. The van der Waals surface area contributed by atoms with Gasteiger partial charge >= 0.3 is 12.0 Å². The first-order chi connectivity index (χ1) is 7.97. The molecule has 0 spiro atoms. The highest BCUT2D eigenvalue weighted by molar-refractivity contribution is 8.00. The molecular weight excluding hydrogens is 246 g/mol. The van der Waals surface area contributed by atoms with Crippen molar-refractivity contribution >= 4 is 29.7 Å². The van der Waals surface area contributed by atoms with E-state index in [2.05, 4.69) is 17.2 Å². The van der Waals surface area contributed by atoms with Crippen LogP contribution in [0.5, 0.6) is 0 Å². The van der Waals surface area contributed by atoms with E-state index in [1.54, 1.807) is 0 Å². The van der Waals surface area contributed by atoms with Gasteiger partial charge in [0.25, 0.3) is 0 Å². The maximum Gasteiger partial charge on any atom is 0.321 e. The number of urea groups is 1. The van der Waals surface area contributed by atoms with Gasteiger partial charge in [0, 0.05) is 12.3 Å². The maximum absolute atomic E-state index is 11.2. The van der Waals surface area contributed by atoms with Crippen LogP contribution in [-0.4, -0.2) is 47.1 Å². The Hall–Kier alpha value is -1.54. The van der Waals surface area contributed by atoms with Gasteiger partial charge in [0.05, 0.1) is 5.75 Å². The lowest BCUT2D eigenvalue weighted by atomic mass is 10.4. The van der Waals surface area contributed by atoms with Crippen molar-refractivity contribution in [1.82, 2.24) is 10.6 Å². The molecule has 8 heteroatoms. The number of imide groups is 1. The van der Waals surface area contributed by atoms with Gasteiger partial charge in [-0.15, -0.1) is 18.3 Å². The molecule has 3 amide bonds. The monoisotopic (exact) mass is 261 g/mol. The van der Waals surface area contributed by atoms with Crippen LogP contribution in [0.3, 0.4) is 0 Å². The zero-order valence-corrected chi connectivity index (χ0v) is 9.96. The predicted molar refractivity (Wildman–Crippen MR) is 64.7 cm³/mol. The number of aliphatic carboxylic acids is 1. The van der Waals surface area contributed by atoms with Gasteiger partial charge in [-0.2, -0.15) is 0 Å². The van der Waals surface area contributed by atoms with Gasteiger partial charge in [0.1, 0.15) is 6.04 Å². The van der Waals surface area contributed by atoms with Crippen LogP contribution in [0.4, 0.5) is 4.79 Å². The first-order valence-electron chi connectivity index (χ1n) is 4.72. The van der Waals surface area contributed by atoms with E-state index in [1.807, 2.05) is 0 Å². The number of rotatable bonds is 7. The summed E-state index contributed by atoms with van der Waals surface area (Å²) in [6.45, 7) is 3.66. The van der Waals surface area contributed by atoms with E-state index in [4.69, 9.17) is 10.8 Å². The van der Waals surface area contributed by atoms with Crippen LogP contribution in [0.25, 0.3) is 0 Å². The predicted octanol–water partition coefficient (Wildman–Crippen LogP) is -0.857. The van der Waals surface area contributed by atoms with E-state index in [-0.39, 0.29) is 18.1 Å². The van der Waals surface area contributed by atoms with Gasteiger partial charge in [0.2, 0.25) is 5.91 Å². The number of carbonyl (C=O) groups is 3. The average Bonchev–Trinajstić information content (AvgIpc) is 2.25. The number of hydrogen-bond acceptors (Lipinski definition) is 5. The SMILES string of the molecule is C=CCNC(=O)NC(=O)CSCC(N)C(=O)O. The van der Waals surface area contributed by atoms with Crippen molar-refractivity contribution < 1.29 is 19.5 Å². The van der Waals surface area contributed by atoms with Crippen LogP contribution in [0, 0.1) is 0 Å². The Morgan fingerprint density at radius 3 is 2.65 bits per heavy atom. The van der Waals surface area contributed by atoms with Crippen LogP contribution in [0.15, 0.2) is 12.7 Å². The molecule has 0 aromatic rings.